The lowest BCUT2D eigenvalue weighted by atomic mass is 10.1. The average Bonchev–Trinajstić information content (AvgIpc) is 3.32. The summed E-state index contributed by atoms with van der Waals surface area (Å²) in [6.45, 7) is 2.06. The zero-order chi connectivity index (χ0) is 18.0. The molecule has 1 saturated carbocycles. The number of anilines is 3. The van der Waals surface area contributed by atoms with E-state index in [1.54, 1.807) is 36.5 Å². The number of carbonyl (C=O) groups excluding carboxylic acids is 2. The fourth-order valence-electron chi connectivity index (χ4n) is 2.59. The van der Waals surface area contributed by atoms with Gasteiger partial charge in [0, 0.05) is 31.3 Å². The summed E-state index contributed by atoms with van der Waals surface area (Å²) in [5.74, 6) is 1.14. The van der Waals surface area contributed by atoms with Crippen molar-refractivity contribution in [2.24, 2.45) is 11.8 Å². The normalized spacial score (nSPS) is 18.4. The van der Waals surface area contributed by atoms with Crippen LogP contribution < -0.4 is 15.5 Å². The molecule has 1 aliphatic carbocycles. The van der Waals surface area contributed by atoms with E-state index in [4.69, 9.17) is 0 Å². The van der Waals surface area contributed by atoms with Gasteiger partial charge in [0.2, 0.25) is 5.91 Å². The lowest BCUT2D eigenvalue weighted by Crippen LogP contribution is -2.16. The molecule has 130 valence electrons. The van der Waals surface area contributed by atoms with Crippen LogP contribution in [0, 0.1) is 11.8 Å². The van der Waals surface area contributed by atoms with Crippen LogP contribution in [0.4, 0.5) is 17.2 Å². The molecule has 6 nitrogen and oxygen atoms in total. The summed E-state index contributed by atoms with van der Waals surface area (Å²) >= 11 is 0. The third kappa shape index (κ3) is 4.15. The number of rotatable bonds is 5. The van der Waals surface area contributed by atoms with Crippen molar-refractivity contribution < 1.29 is 9.59 Å². The second-order valence-corrected chi connectivity index (χ2v) is 6.64. The van der Waals surface area contributed by atoms with Gasteiger partial charge in [-0.05, 0) is 42.7 Å². The van der Waals surface area contributed by atoms with Crippen LogP contribution in [0.15, 0.2) is 42.6 Å². The minimum atomic E-state index is -0.240. The van der Waals surface area contributed by atoms with Crippen LogP contribution in [-0.4, -0.2) is 30.9 Å². The van der Waals surface area contributed by atoms with Gasteiger partial charge < -0.3 is 15.5 Å². The molecule has 2 atom stereocenters. The van der Waals surface area contributed by atoms with Gasteiger partial charge in [0.1, 0.15) is 5.82 Å². The quantitative estimate of drug-likeness (QED) is 0.879. The highest BCUT2D eigenvalue weighted by atomic mass is 16.2. The van der Waals surface area contributed by atoms with Crippen molar-refractivity contribution in [3.63, 3.8) is 0 Å². The molecule has 0 bridgehead atoms. The smallest absolute Gasteiger partial charge is 0.255 e. The molecule has 1 aromatic heterocycles. The molecule has 1 aliphatic rings. The molecule has 0 radical (unpaired) electrons. The number of pyridine rings is 1. The Morgan fingerprint density at radius 2 is 1.88 bits per heavy atom. The van der Waals surface area contributed by atoms with E-state index in [0.717, 1.165) is 12.2 Å². The molecule has 25 heavy (non-hydrogen) atoms. The van der Waals surface area contributed by atoms with E-state index >= 15 is 0 Å². The van der Waals surface area contributed by atoms with Crippen LogP contribution in [0.5, 0.6) is 0 Å². The molecule has 2 aromatic rings. The number of nitrogens with zero attached hydrogens (tertiary/aromatic N) is 2. The predicted molar refractivity (Wildman–Crippen MR) is 98.9 cm³/mol. The van der Waals surface area contributed by atoms with Gasteiger partial charge in [-0.15, -0.1) is 0 Å². The third-order valence-corrected chi connectivity index (χ3v) is 4.30. The maximum absolute atomic E-state index is 12.4. The van der Waals surface area contributed by atoms with Crippen LogP contribution in [0.1, 0.15) is 23.7 Å². The Morgan fingerprint density at radius 1 is 1.12 bits per heavy atom. The van der Waals surface area contributed by atoms with E-state index in [1.807, 2.05) is 25.1 Å². The molecule has 2 N–H and O–H groups in total. The molecule has 2 amide bonds. The first-order valence-corrected chi connectivity index (χ1v) is 8.29. The Morgan fingerprint density at radius 3 is 2.48 bits per heavy atom. The van der Waals surface area contributed by atoms with Crippen molar-refractivity contribution in [1.29, 1.82) is 0 Å². The number of hydrogen-bond acceptors (Lipinski definition) is 4. The molecule has 0 saturated heterocycles. The van der Waals surface area contributed by atoms with Gasteiger partial charge in [-0.3, -0.25) is 9.59 Å². The lowest BCUT2D eigenvalue weighted by molar-refractivity contribution is -0.117. The Bertz CT molecular complexity index is 786. The first-order valence-electron chi connectivity index (χ1n) is 8.29. The summed E-state index contributed by atoms with van der Waals surface area (Å²) in [6.07, 6.45) is 2.55. The molecule has 0 unspecified atom stereocenters. The van der Waals surface area contributed by atoms with Crippen LogP contribution in [0.25, 0.3) is 0 Å². The van der Waals surface area contributed by atoms with Crippen molar-refractivity contribution in [3.05, 3.63) is 48.2 Å². The van der Waals surface area contributed by atoms with Gasteiger partial charge >= 0.3 is 0 Å². The summed E-state index contributed by atoms with van der Waals surface area (Å²) in [4.78, 5) is 30.6. The Kier molecular flexibility index (Phi) is 4.70. The Balaban J connectivity index is 1.65. The van der Waals surface area contributed by atoms with Crippen molar-refractivity contribution in [2.75, 3.05) is 29.6 Å². The zero-order valence-electron chi connectivity index (χ0n) is 14.6. The number of aromatic nitrogens is 1. The van der Waals surface area contributed by atoms with Crippen LogP contribution in [0.2, 0.25) is 0 Å². The summed E-state index contributed by atoms with van der Waals surface area (Å²) in [5.41, 5.74) is 1.74. The molecule has 3 rings (SSSR count). The molecule has 1 heterocycles. The van der Waals surface area contributed by atoms with Gasteiger partial charge in [0.25, 0.3) is 5.91 Å². The molecule has 0 aliphatic heterocycles. The number of nitrogens with one attached hydrogen (secondary N) is 2. The summed E-state index contributed by atoms with van der Waals surface area (Å²) in [5, 5.41) is 5.69. The maximum atomic E-state index is 12.4. The van der Waals surface area contributed by atoms with E-state index in [-0.39, 0.29) is 17.7 Å². The van der Waals surface area contributed by atoms with Crippen LogP contribution >= 0.6 is 0 Å². The number of benzene rings is 1. The van der Waals surface area contributed by atoms with Gasteiger partial charge in [0.05, 0.1) is 11.9 Å². The Hall–Kier alpha value is -2.89. The number of amides is 2. The van der Waals surface area contributed by atoms with Gasteiger partial charge in [0.15, 0.2) is 0 Å². The van der Waals surface area contributed by atoms with Crippen LogP contribution in [0.3, 0.4) is 0 Å². The lowest BCUT2D eigenvalue weighted by Gasteiger charge is -2.12. The first kappa shape index (κ1) is 17.0. The maximum Gasteiger partial charge on any atom is 0.255 e. The van der Waals surface area contributed by atoms with Gasteiger partial charge in [-0.1, -0.05) is 13.0 Å². The van der Waals surface area contributed by atoms with E-state index < -0.39 is 0 Å². The molecule has 0 spiro atoms. The van der Waals surface area contributed by atoms with Crippen LogP contribution in [-0.2, 0) is 4.79 Å². The van der Waals surface area contributed by atoms with Crippen molar-refractivity contribution in [1.82, 2.24) is 4.98 Å². The first-order chi connectivity index (χ1) is 11.9. The average molecular weight is 338 g/mol. The topological polar surface area (TPSA) is 74.3 Å². The highest BCUT2D eigenvalue weighted by Gasteiger charge is 2.39. The Labute approximate surface area is 147 Å². The van der Waals surface area contributed by atoms with Crippen molar-refractivity contribution >= 4 is 29.0 Å². The van der Waals surface area contributed by atoms with E-state index in [9.17, 15) is 9.59 Å². The summed E-state index contributed by atoms with van der Waals surface area (Å²) in [6, 6.07) is 10.6. The number of carbonyl (C=O) groups is 2. The monoisotopic (exact) mass is 338 g/mol. The second-order valence-electron chi connectivity index (χ2n) is 6.64. The van der Waals surface area contributed by atoms with E-state index in [2.05, 4.69) is 22.5 Å². The summed E-state index contributed by atoms with van der Waals surface area (Å²) in [7, 11) is 3.81. The highest BCUT2D eigenvalue weighted by Crippen LogP contribution is 2.38. The minimum absolute atomic E-state index is 0.0218. The fourth-order valence-corrected chi connectivity index (χ4v) is 2.59. The third-order valence-electron chi connectivity index (χ3n) is 4.30. The standard InChI is InChI=1S/C19H22N4O2/c1-12-9-16(12)19(25)21-14-6-4-5-13(10-14)18(24)22-15-7-8-17(20-11-15)23(2)3/h4-8,10-12,16H,9H2,1-3H3,(H,21,25)(H,22,24)/t12-,16-/m1/s1. The largest absolute Gasteiger partial charge is 0.363 e. The molecule has 1 fully saturated rings. The molecule has 6 heteroatoms. The van der Waals surface area contributed by atoms with Crippen molar-refractivity contribution in [2.45, 2.75) is 13.3 Å². The SMILES string of the molecule is C[C@@H]1C[C@H]1C(=O)Nc1cccc(C(=O)Nc2ccc(N(C)C)nc2)c1. The second kappa shape index (κ2) is 6.93. The predicted octanol–water partition coefficient (Wildman–Crippen LogP) is 2.99. The molecule has 1 aromatic carbocycles. The highest BCUT2D eigenvalue weighted by molar-refractivity contribution is 6.05. The molecular formula is C19H22N4O2. The van der Waals surface area contributed by atoms with Gasteiger partial charge in [-0.2, -0.15) is 0 Å². The van der Waals surface area contributed by atoms with E-state index in [1.165, 1.54) is 0 Å². The van der Waals surface area contributed by atoms with E-state index in [0.29, 0.717) is 22.9 Å². The zero-order valence-corrected chi connectivity index (χ0v) is 14.6. The minimum Gasteiger partial charge on any atom is -0.363 e. The van der Waals surface area contributed by atoms with Gasteiger partial charge in [-0.25, -0.2) is 4.98 Å². The number of hydrogen-bond donors (Lipinski definition) is 2. The van der Waals surface area contributed by atoms with Crippen molar-refractivity contribution in [3.8, 4) is 0 Å². The summed E-state index contributed by atoms with van der Waals surface area (Å²) < 4.78 is 0. The molecular weight excluding hydrogens is 316 g/mol. The fraction of sp³-hybridized carbons (Fsp3) is 0.316.